The van der Waals surface area contributed by atoms with Gasteiger partial charge in [0, 0.05) is 9.35 Å². The molecule has 0 spiro atoms. The number of nitrogens with one attached hydrogen (secondary N) is 1. The molecule has 1 aliphatic carbocycles. The van der Waals surface area contributed by atoms with Crippen molar-refractivity contribution < 1.29 is 19.1 Å². The topological polar surface area (TPSA) is 64.6 Å². The normalized spacial score (nSPS) is 15.8. The summed E-state index contributed by atoms with van der Waals surface area (Å²) >= 11 is 4.96. The van der Waals surface area contributed by atoms with Gasteiger partial charge in [0.25, 0.3) is 5.91 Å². The van der Waals surface area contributed by atoms with E-state index in [2.05, 4.69) is 42.0 Å². The number of carbonyl (C=O) groups excluding carboxylic acids is 2. The van der Waals surface area contributed by atoms with E-state index >= 15 is 0 Å². The second-order valence-corrected chi connectivity index (χ2v) is 11.2. The van der Waals surface area contributed by atoms with E-state index in [-0.39, 0.29) is 23.9 Å². The maximum Gasteiger partial charge on any atom is 0.341 e. The van der Waals surface area contributed by atoms with Crippen molar-refractivity contribution in [1.29, 1.82) is 0 Å². The van der Waals surface area contributed by atoms with Crippen LogP contribution < -0.4 is 10.1 Å². The van der Waals surface area contributed by atoms with Gasteiger partial charge in [-0.2, -0.15) is 0 Å². The fraction of sp³-hybridized carbons (Fsp3) is 0.520. The fourth-order valence-electron chi connectivity index (χ4n) is 4.10. The molecule has 32 heavy (non-hydrogen) atoms. The number of thiophene rings is 1. The lowest BCUT2D eigenvalue weighted by Crippen LogP contribution is -2.26. The zero-order valence-electron chi connectivity index (χ0n) is 19.5. The van der Waals surface area contributed by atoms with Crippen LogP contribution in [-0.4, -0.2) is 25.1 Å². The molecule has 0 aliphatic heterocycles. The minimum atomic E-state index is -0.364. The summed E-state index contributed by atoms with van der Waals surface area (Å²) in [6.07, 6.45) is 3.57. The van der Waals surface area contributed by atoms with Gasteiger partial charge in [-0.25, -0.2) is 4.79 Å². The maximum absolute atomic E-state index is 12.8. The molecule has 3 rings (SSSR count). The van der Waals surface area contributed by atoms with Gasteiger partial charge in [-0.15, -0.1) is 11.3 Å². The minimum absolute atomic E-state index is 0.121. The summed E-state index contributed by atoms with van der Waals surface area (Å²) in [5.74, 6) is 0.582. The summed E-state index contributed by atoms with van der Waals surface area (Å²) < 4.78 is 12.1. The quantitative estimate of drug-likeness (QED) is 0.427. The third-order valence-electron chi connectivity index (χ3n) is 5.98. The molecule has 1 amide bonds. The number of amides is 1. The smallest absolute Gasteiger partial charge is 0.341 e. The zero-order chi connectivity index (χ0) is 23.5. The predicted molar refractivity (Wildman–Crippen MR) is 133 cm³/mol. The lowest BCUT2D eigenvalue weighted by molar-refractivity contribution is -0.118. The van der Waals surface area contributed by atoms with Crippen LogP contribution in [0.3, 0.4) is 0 Å². The van der Waals surface area contributed by atoms with Crippen LogP contribution in [0.2, 0.25) is 0 Å². The van der Waals surface area contributed by atoms with Gasteiger partial charge >= 0.3 is 5.97 Å². The number of rotatable bonds is 7. The number of hydrogen-bond acceptors (Lipinski definition) is 5. The second kappa shape index (κ2) is 10.4. The zero-order valence-corrected chi connectivity index (χ0v) is 21.9. The third-order valence-corrected chi connectivity index (χ3v) is 7.65. The molecule has 1 heterocycles. The Labute approximate surface area is 203 Å². The molecule has 0 saturated carbocycles. The number of anilines is 1. The highest BCUT2D eigenvalue weighted by Gasteiger charge is 2.34. The molecule has 7 heteroatoms. The van der Waals surface area contributed by atoms with Gasteiger partial charge in [0.1, 0.15) is 10.8 Å². The van der Waals surface area contributed by atoms with Gasteiger partial charge < -0.3 is 14.8 Å². The molecular weight excluding hydrogens is 490 g/mol. The van der Waals surface area contributed by atoms with E-state index in [1.807, 2.05) is 25.1 Å². The highest BCUT2D eigenvalue weighted by molar-refractivity contribution is 9.10. The standard InChI is InChI=1S/C25H32BrNO4S/c1-6-15-12-17(26)9-11-19(15)31-14-21(28)27-23-22(24(29)30-7-2)18-10-8-16(25(3,4)5)13-20(18)32-23/h9,11-12,16H,6-8,10,13-14H2,1-5H3,(H,27,28). The summed E-state index contributed by atoms with van der Waals surface area (Å²) in [5, 5.41) is 3.50. The van der Waals surface area contributed by atoms with Crippen LogP contribution in [0.1, 0.15) is 67.4 Å². The van der Waals surface area contributed by atoms with Crippen LogP contribution in [0.5, 0.6) is 5.75 Å². The summed E-state index contributed by atoms with van der Waals surface area (Å²) in [7, 11) is 0. The van der Waals surface area contributed by atoms with Crippen LogP contribution in [0.25, 0.3) is 0 Å². The summed E-state index contributed by atoms with van der Waals surface area (Å²) in [5.41, 5.74) is 2.78. The Morgan fingerprint density at radius 3 is 2.66 bits per heavy atom. The van der Waals surface area contributed by atoms with Crippen LogP contribution in [0, 0.1) is 11.3 Å². The van der Waals surface area contributed by atoms with Gasteiger partial charge in [0.15, 0.2) is 6.61 Å². The molecule has 1 unspecified atom stereocenters. The average molecular weight is 523 g/mol. The Morgan fingerprint density at radius 2 is 2.00 bits per heavy atom. The minimum Gasteiger partial charge on any atom is -0.483 e. The van der Waals surface area contributed by atoms with Crippen LogP contribution in [0.15, 0.2) is 22.7 Å². The Balaban J connectivity index is 1.79. The molecular formula is C25H32BrNO4S. The van der Waals surface area contributed by atoms with Crippen LogP contribution in [-0.2, 0) is 28.8 Å². The van der Waals surface area contributed by atoms with Crippen molar-refractivity contribution in [2.75, 3.05) is 18.5 Å². The van der Waals surface area contributed by atoms with Crippen molar-refractivity contribution >= 4 is 44.1 Å². The number of benzene rings is 1. The summed E-state index contributed by atoms with van der Waals surface area (Å²) in [6, 6.07) is 5.74. The molecule has 1 aliphatic rings. The molecule has 1 aromatic carbocycles. The number of esters is 1. The SMILES string of the molecule is CCOC(=O)c1c(NC(=O)COc2ccc(Br)cc2CC)sc2c1CCC(C(C)(C)C)C2. The fourth-order valence-corrected chi connectivity index (χ4v) is 5.84. The largest absolute Gasteiger partial charge is 0.483 e. The van der Waals surface area contributed by atoms with Crippen molar-refractivity contribution in [3.8, 4) is 5.75 Å². The summed E-state index contributed by atoms with van der Waals surface area (Å²) in [6.45, 7) is 10.8. The monoisotopic (exact) mass is 521 g/mol. The van der Waals surface area contributed by atoms with Crippen molar-refractivity contribution in [2.24, 2.45) is 11.3 Å². The first-order chi connectivity index (χ1) is 15.1. The van der Waals surface area contributed by atoms with E-state index in [4.69, 9.17) is 9.47 Å². The number of hydrogen-bond donors (Lipinski definition) is 1. The molecule has 1 atom stereocenters. The Hall–Kier alpha value is -1.86. The second-order valence-electron chi connectivity index (χ2n) is 9.18. The highest BCUT2D eigenvalue weighted by Crippen LogP contribution is 2.44. The molecule has 1 aromatic heterocycles. The first-order valence-electron chi connectivity index (χ1n) is 11.2. The van der Waals surface area contributed by atoms with E-state index in [1.54, 1.807) is 6.92 Å². The van der Waals surface area contributed by atoms with Crippen molar-refractivity contribution in [3.05, 3.63) is 44.2 Å². The number of aryl methyl sites for hydroxylation is 1. The Kier molecular flexibility index (Phi) is 8.04. The first-order valence-corrected chi connectivity index (χ1v) is 12.8. The number of halogens is 1. The van der Waals surface area contributed by atoms with E-state index in [0.29, 0.717) is 28.8 Å². The van der Waals surface area contributed by atoms with Crippen molar-refractivity contribution in [2.45, 2.75) is 60.3 Å². The Bertz CT molecular complexity index is 993. The van der Waals surface area contributed by atoms with Gasteiger partial charge in [-0.3, -0.25) is 4.79 Å². The van der Waals surface area contributed by atoms with Crippen molar-refractivity contribution in [1.82, 2.24) is 0 Å². The number of carbonyl (C=O) groups is 2. The van der Waals surface area contributed by atoms with Gasteiger partial charge in [-0.05, 0) is 73.3 Å². The molecule has 1 N–H and O–H groups in total. The van der Waals surface area contributed by atoms with Crippen LogP contribution >= 0.6 is 27.3 Å². The van der Waals surface area contributed by atoms with Crippen molar-refractivity contribution in [3.63, 3.8) is 0 Å². The highest BCUT2D eigenvalue weighted by atomic mass is 79.9. The van der Waals surface area contributed by atoms with E-state index < -0.39 is 0 Å². The average Bonchev–Trinajstić information content (AvgIpc) is 3.09. The van der Waals surface area contributed by atoms with Crippen LogP contribution in [0.4, 0.5) is 5.00 Å². The lowest BCUT2D eigenvalue weighted by atomic mass is 9.72. The molecule has 5 nitrogen and oxygen atoms in total. The molecule has 0 radical (unpaired) electrons. The molecule has 2 aromatic rings. The number of fused-ring (bicyclic) bond motifs is 1. The van der Waals surface area contributed by atoms with Gasteiger partial charge in [0.2, 0.25) is 0 Å². The van der Waals surface area contributed by atoms with E-state index in [1.165, 1.54) is 16.2 Å². The molecule has 0 bridgehead atoms. The first kappa shape index (κ1) is 24.8. The van der Waals surface area contributed by atoms with E-state index in [0.717, 1.165) is 41.3 Å². The van der Waals surface area contributed by atoms with E-state index in [9.17, 15) is 9.59 Å². The number of ether oxygens (including phenoxy) is 2. The molecule has 174 valence electrons. The van der Waals surface area contributed by atoms with Gasteiger partial charge in [0.05, 0.1) is 12.2 Å². The molecule has 0 saturated heterocycles. The Morgan fingerprint density at radius 1 is 1.25 bits per heavy atom. The van der Waals surface area contributed by atoms with Gasteiger partial charge in [-0.1, -0.05) is 43.6 Å². The predicted octanol–water partition coefficient (Wildman–Crippen LogP) is 6.42. The molecule has 0 fully saturated rings. The maximum atomic E-state index is 12.8. The third kappa shape index (κ3) is 5.73. The lowest BCUT2D eigenvalue weighted by Gasteiger charge is -2.33. The summed E-state index contributed by atoms with van der Waals surface area (Å²) in [4.78, 5) is 26.7.